The van der Waals surface area contributed by atoms with Crippen molar-refractivity contribution in [3.05, 3.63) is 28.2 Å². The van der Waals surface area contributed by atoms with Gasteiger partial charge in [-0.15, -0.1) is 0 Å². The van der Waals surface area contributed by atoms with Crippen LogP contribution in [0.3, 0.4) is 0 Å². The minimum Gasteiger partial charge on any atom is -0.382 e. The van der Waals surface area contributed by atoms with E-state index in [1.807, 2.05) is 18.2 Å². The molecule has 0 saturated carbocycles. The number of hydrogen-bond donors (Lipinski definition) is 1. The Bertz CT molecular complexity index is 431. The van der Waals surface area contributed by atoms with Crippen LogP contribution in [-0.2, 0) is 0 Å². The van der Waals surface area contributed by atoms with E-state index in [-0.39, 0.29) is 0 Å². The molecule has 1 N–H and O–H groups in total. The van der Waals surface area contributed by atoms with E-state index in [2.05, 4.69) is 39.3 Å². The van der Waals surface area contributed by atoms with Crippen molar-refractivity contribution in [3.63, 3.8) is 0 Å². The third kappa shape index (κ3) is 3.21. The van der Waals surface area contributed by atoms with Crippen LogP contribution in [0, 0.1) is 11.3 Å². The van der Waals surface area contributed by atoms with Crippen molar-refractivity contribution in [1.29, 1.82) is 5.26 Å². The summed E-state index contributed by atoms with van der Waals surface area (Å²) in [7, 11) is 2.16. The van der Waals surface area contributed by atoms with Gasteiger partial charge in [0.05, 0.1) is 5.56 Å². The van der Waals surface area contributed by atoms with Gasteiger partial charge in [0, 0.05) is 16.2 Å². The van der Waals surface area contributed by atoms with Gasteiger partial charge in [-0.1, -0.05) is 0 Å². The molecule has 0 spiro atoms. The topological polar surface area (TPSA) is 39.1 Å². The molecule has 0 bridgehead atoms. The van der Waals surface area contributed by atoms with Crippen LogP contribution in [-0.4, -0.2) is 31.1 Å². The molecule has 17 heavy (non-hydrogen) atoms. The first kappa shape index (κ1) is 12.4. The van der Waals surface area contributed by atoms with Crippen molar-refractivity contribution >= 4 is 21.6 Å². The molecule has 3 nitrogen and oxygen atoms in total. The smallest absolute Gasteiger partial charge is 0.100 e. The predicted octanol–water partition coefficient (Wildman–Crippen LogP) is 2.83. The summed E-state index contributed by atoms with van der Waals surface area (Å²) in [5, 5.41) is 12.4. The highest BCUT2D eigenvalue weighted by molar-refractivity contribution is 9.10. The van der Waals surface area contributed by atoms with Crippen LogP contribution in [0.4, 0.5) is 5.69 Å². The lowest BCUT2D eigenvalue weighted by Gasteiger charge is -2.30. The monoisotopic (exact) mass is 293 g/mol. The summed E-state index contributed by atoms with van der Waals surface area (Å²) in [5.41, 5.74) is 1.77. The van der Waals surface area contributed by atoms with Crippen LogP contribution in [0.15, 0.2) is 22.7 Å². The van der Waals surface area contributed by atoms with Gasteiger partial charge in [0.2, 0.25) is 0 Å². The Morgan fingerprint density at radius 1 is 1.41 bits per heavy atom. The highest BCUT2D eigenvalue weighted by atomic mass is 79.9. The quantitative estimate of drug-likeness (QED) is 0.911. The third-order valence-electron chi connectivity index (χ3n) is 3.18. The molecule has 0 aromatic heterocycles. The van der Waals surface area contributed by atoms with Crippen molar-refractivity contribution < 1.29 is 0 Å². The van der Waals surface area contributed by atoms with Crippen LogP contribution in [0.25, 0.3) is 0 Å². The first-order valence-corrected chi connectivity index (χ1v) is 6.63. The third-order valence-corrected chi connectivity index (χ3v) is 3.83. The number of piperidine rings is 1. The Balaban J connectivity index is 2.00. The minimum atomic E-state index is 0.547. The number of benzene rings is 1. The zero-order valence-electron chi connectivity index (χ0n) is 9.91. The number of nitrogens with one attached hydrogen (secondary N) is 1. The number of likely N-dealkylation sites (tertiary alicyclic amines) is 1. The van der Waals surface area contributed by atoms with Gasteiger partial charge in [-0.3, -0.25) is 0 Å². The molecule has 1 aliphatic heterocycles. The van der Waals surface area contributed by atoms with E-state index in [1.54, 1.807) is 0 Å². The number of nitriles is 1. The van der Waals surface area contributed by atoms with Crippen molar-refractivity contribution in [3.8, 4) is 6.07 Å². The Hall–Kier alpha value is -1.05. The molecule has 1 heterocycles. The average molecular weight is 294 g/mol. The Labute approximate surface area is 111 Å². The molecule has 0 amide bonds. The fourth-order valence-corrected chi connectivity index (χ4v) is 2.55. The molecule has 0 aliphatic carbocycles. The van der Waals surface area contributed by atoms with Crippen molar-refractivity contribution in [2.45, 2.75) is 18.9 Å². The molecular formula is C13H16BrN3. The van der Waals surface area contributed by atoms with E-state index in [4.69, 9.17) is 5.26 Å². The van der Waals surface area contributed by atoms with E-state index in [9.17, 15) is 0 Å². The molecule has 1 fully saturated rings. The molecule has 0 atom stereocenters. The molecule has 1 aromatic rings. The second-order valence-electron chi connectivity index (χ2n) is 4.53. The van der Waals surface area contributed by atoms with E-state index in [1.165, 1.54) is 12.8 Å². The lowest BCUT2D eigenvalue weighted by Crippen LogP contribution is -2.36. The van der Waals surface area contributed by atoms with Gasteiger partial charge in [0.15, 0.2) is 0 Å². The molecule has 2 rings (SSSR count). The van der Waals surface area contributed by atoms with E-state index >= 15 is 0 Å². The van der Waals surface area contributed by atoms with Gasteiger partial charge in [0.25, 0.3) is 0 Å². The summed E-state index contributed by atoms with van der Waals surface area (Å²) in [6.45, 7) is 2.30. The predicted molar refractivity (Wildman–Crippen MR) is 73.0 cm³/mol. The van der Waals surface area contributed by atoms with E-state index < -0.39 is 0 Å². The SMILES string of the molecule is CN1CCC(Nc2ccc(C#N)c(Br)c2)CC1. The Morgan fingerprint density at radius 2 is 2.12 bits per heavy atom. The zero-order valence-corrected chi connectivity index (χ0v) is 11.5. The van der Waals surface area contributed by atoms with Gasteiger partial charge in [-0.2, -0.15) is 5.26 Å². The Morgan fingerprint density at radius 3 is 2.71 bits per heavy atom. The maximum Gasteiger partial charge on any atom is 0.100 e. The molecule has 1 aliphatic rings. The summed E-state index contributed by atoms with van der Waals surface area (Å²) in [5.74, 6) is 0. The highest BCUT2D eigenvalue weighted by Crippen LogP contribution is 2.23. The number of hydrogen-bond acceptors (Lipinski definition) is 3. The summed E-state index contributed by atoms with van der Waals surface area (Å²) in [6.07, 6.45) is 2.35. The summed E-state index contributed by atoms with van der Waals surface area (Å²) in [4.78, 5) is 2.35. The standard InChI is InChI=1S/C13H16BrN3/c1-17-6-4-11(5-7-17)16-12-3-2-10(9-15)13(14)8-12/h2-3,8,11,16H,4-7H2,1H3. The molecule has 1 aromatic carbocycles. The fraction of sp³-hybridized carbons (Fsp3) is 0.462. The second kappa shape index (κ2) is 5.52. The zero-order chi connectivity index (χ0) is 12.3. The highest BCUT2D eigenvalue weighted by Gasteiger charge is 2.16. The first-order valence-electron chi connectivity index (χ1n) is 5.84. The number of halogens is 1. The van der Waals surface area contributed by atoms with Crippen molar-refractivity contribution in [2.75, 3.05) is 25.5 Å². The summed E-state index contributed by atoms with van der Waals surface area (Å²) in [6, 6.07) is 8.50. The fourth-order valence-electron chi connectivity index (χ4n) is 2.08. The van der Waals surface area contributed by atoms with Crippen LogP contribution >= 0.6 is 15.9 Å². The lowest BCUT2D eigenvalue weighted by molar-refractivity contribution is 0.264. The van der Waals surface area contributed by atoms with E-state index in [0.29, 0.717) is 11.6 Å². The molecule has 0 unspecified atom stereocenters. The largest absolute Gasteiger partial charge is 0.382 e. The first-order chi connectivity index (χ1) is 8.19. The van der Waals surface area contributed by atoms with Gasteiger partial charge in [-0.25, -0.2) is 0 Å². The average Bonchev–Trinajstić information content (AvgIpc) is 2.32. The molecule has 0 radical (unpaired) electrons. The van der Waals surface area contributed by atoms with Crippen LogP contribution < -0.4 is 5.32 Å². The lowest BCUT2D eigenvalue weighted by atomic mass is 10.1. The summed E-state index contributed by atoms with van der Waals surface area (Å²) >= 11 is 3.41. The van der Waals surface area contributed by atoms with Gasteiger partial charge in [-0.05, 0) is 67.1 Å². The number of rotatable bonds is 2. The van der Waals surface area contributed by atoms with Crippen molar-refractivity contribution in [1.82, 2.24) is 4.90 Å². The number of nitrogens with zero attached hydrogens (tertiary/aromatic N) is 2. The van der Waals surface area contributed by atoms with Crippen LogP contribution in [0.1, 0.15) is 18.4 Å². The van der Waals surface area contributed by atoms with E-state index in [0.717, 1.165) is 23.2 Å². The molecule has 4 heteroatoms. The molecule has 90 valence electrons. The number of anilines is 1. The minimum absolute atomic E-state index is 0.547. The van der Waals surface area contributed by atoms with Crippen LogP contribution in [0.2, 0.25) is 0 Å². The Kier molecular flexibility index (Phi) is 4.03. The maximum absolute atomic E-state index is 8.85. The normalized spacial score (nSPS) is 17.7. The molecular weight excluding hydrogens is 278 g/mol. The van der Waals surface area contributed by atoms with Gasteiger partial charge in [0.1, 0.15) is 6.07 Å². The maximum atomic E-state index is 8.85. The summed E-state index contributed by atoms with van der Waals surface area (Å²) < 4.78 is 0.859. The van der Waals surface area contributed by atoms with Gasteiger partial charge < -0.3 is 10.2 Å². The van der Waals surface area contributed by atoms with Gasteiger partial charge >= 0.3 is 0 Å². The van der Waals surface area contributed by atoms with Crippen molar-refractivity contribution in [2.24, 2.45) is 0 Å². The van der Waals surface area contributed by atoms with Crippen LogP contribution in [0.5, 0.6) is 0 Å². The molecule has 1 saturated heterocycles. The second-order valence-corrected chi connectivity index (χ2v) is 5.38.